The molecule has 0 heterocycles. The van der Waals surface area contributed by atoms with Gasteiger partial charge in [0.2, 0.25) is 0 Å². The van der Waals surface area contributed by atoms with Crippen LogP contribution in [0.5, 0.6) is 0 Å². The molecule has 0 aliphatic heterocycles. The first-order valence-corrected chi connectivity index (χ1v) is 4.48. The Labute approximate surface area is 81.5 Å². The first-order valence-electron chi connectivity index (χ1n) is 4.10. The van der Waals surface area contributed by atoms with E-state index in [1.807, 2.05) is 13.8 Å². The monoisotopic (exact) mass is 204 g/mol. The molecule has 0 amide bonds. The van der Waals surface area contributed by atoms with E-state index in [4.69, 9.17) is 11.6 Å². The molecule has 0 spiro atoms. The van der Waals surface area contributed by atoms with Crippen molar-refractivity contribution in [3.8, 4) is 0 Å². The van der Waals surface area contributed by atoms with E-state index in [1.165, 1.54) is 6.07 Å². The molecule has 0 saturated heterocycles. The number of halogens is 3. The van der Waals surface area contributed by atoms with E-state index < -0.39 is 6.43 Å². The molecule has 72 valence electrons. The van der Waals surface area contributed by atoms with Crippen molar-refractivity contribution in [1.29, 1.82) is 0 Å². The molecule has 1 rings (SSSR count). The molecular weight excluding hydrogens is 194 g/mol. The van der Waals surface area contributed by atoms with E-state index in [0.717, 1.165) is 0 Å². The summed E-state index contributed by atoms with van der Waals surface area (Å²) in [6, 6.07) is 4.89. The summed E-state index contributed by atoms with van der Waals surface area (Å²) in [6.45, 7) is 3.75. The summed E-state index contributed by atoms with van der Waals surface area (Å²) in [5, 5.41) is 0.154. The molecule has 0 unspecified atom stereocenters. The molecule has 1 aromatic rings. The molecule has 0 radical (unpaired) electrons. The summed E-state index contributed by atoms with van der Waals surface area (Å²) in [5.74, 6) is 0.0719. The van der Waals surface area contributed by atoms with Crippen molar-refractivity contribution in [2.45, 2.75) is 26.2 Å². The molecule has 1 aromatic carbocycles. The zero-order valence-corrected chi connectivity index (χ0v) is 8.28. The highest BCUT2D eigenvalue weighted by Crippen LogP contribution is 2.33. The van der Waals surface area contributed by atoms with Crippen molar-refractivity contribution < 1.29 is 8.78 Å². The van der Waals surface area contributed by atoms with Crippen LogP contribution in [0.4, 0.5) is 8.78 Å². The summed E-state index contributed by atoms with van der Waals surface area (Å²) in [6.07, 6.45) is -2.49. The molecule has 0 saturated carbocycles. The number of rotatable bonds is 2. The van der Waals surface area contributed by atoms with E-state index in [0.29, 0.717) is 5.56 Å². The fourth-order valence-electron chi connectivity index (χ4n) is 1.29. The molecule has 3 heteroatoms. The predicted octanol–water partition coefficient (Wildman–Crippen LogP) is 4.40. The summed E-state index contributed by atoms with van der Waals surface area (Å²) < 4.78 is 25.1. The molecular formula is C10H11ClF2. The van der Waals surface area contributed by atoms with Gasteiger partial charge in [0.25, 0.3) is 6.43 Å². The van der Waals surface area contributed by atoms with E-state index in [9.17, 15) is 8.78 Å². The summed E-state index contributed by atoms with van der Waals surface area (Å²) in [4.78, 5) is 0. The van der Waals surface area contributed by atoms with Crippen molar-refractivity contribution in [3.05, 3.63) is 34.3 Å². The number of benzene rings is 1. The van der Waals surface area contributed by atoms with Crippen molar-refractivity contribution in [2.75, 3.05) is 0 Å². The average Bonchev–Trinajstić information content (AvgIpc) is 2.02. The highest BCUT2D eigenvalue weighted by Gasteiger charge is 2.17. The molecule has 0 aliphatic rings. The van der Waals surface area contributed by atoms with Gasteiger partial charge in [-0.15, -0.1) is 0 Å². The van der Waals surface area contributed by atoms with Gasteiger partial charge in [0.05, 0.1) is 0 Å². The summed E-state index contributed by atoms with van der Waals surface area (Å²) in [5.41, 5.74) is 0.599. The Bertz CT molecular complexity index is 295. The molecule has 13 heavy (non-hydrogen) atoms. The first kappa shape index (κ1) is 10.5. The zero-order valence-electron chi connectivity index (χ0n) is 7.52. The fraction of sp³-hybridized carbons (Fsp3) is 0.400. The Hall–Kier alpha value is -0.630. The molecule has 0 aliphatic carbocycles. The molecule has 0 atom stereocenters. The largest absolute Gasteiger partial charge is 0.265 e. The maximum Gasteiger partial charge on any atom is 0.265 e. The van der Waals surface area contributed by atoms with Crippen LogP contribution in [0.1, 0.15) is 37.3 Å². The fourth-order valence-corrected chi connectivity index (χ4v) is 1.55. The Morgan fingerprint density at radius 3 is 2.23 bits per heavy atom. The topological polar surface area (TPSA) is 0 Å². The number of hydrogen-bond donors (Lipinski definition) is 0. The highest BCUT2D eigenvalue weighted by molar-refractivity contribution is 6.31. The SMILES string of the molecule is CC(C)c1cccc(Cl)c1C(F)F. The minimum Gasteiger partial charge on any atom is -0.205 e. The van der Waals surface area contributed by atoms with Gasteiger partial charge in [-0.1, -0.05) is 37.6 Å². The Kier molecular flexibility index (Phi) is 3.26. The van der Waals surface area contributed by atoms with Crippen molar-refractivity contribution >= 4 is 11.6 Å². The van der Waals surface area contributed by atoms with Crippen molar-refractivity contribution in [3.63, 3.8) is 0 Å². The van der Waals surface area contributed by atoms with Crippen LogP contribution in [0.15, 0.2) is 18.2 Å². The van der Waals surface area contributed by atoms with Crippen LogP contribution < -0.4 is 0 Å². The second kappa shape index (κ2) is 4.05. The lowest BCUT2D eigenvalue weighted by atomic mass is 9.97. The van der Waals surface area contributed by atoms with E-state index >= 15 is 0 Å². The molecule has 0 fully saturated rings. The van der Waals surface area contributed by atoms with E-state index in [2.05, 4.69) is 0 Å². The van der Waals surface area contributed by atoms with Gasteiger partial charge in [-0.05, 0) is 17.5 Å². The van der Waals surface area contributed by atoms with Gasteiger partial charge in [0, 0.05) is 10.6 Å². The van der Waals surface area contributed by atoms with Gasteiger partial charge >= 0.3 is 0 Å². The minimum atomic E-state index is -2.49. The van der Waals surface area contributed by atoms with Crippen LogP contribution >= 0.6 is 11.6 Å². The minimum absolute atomic E-state index is 0.0285. The number of alkyl halides is 2. The van der Waals surface area contributed by atoms with Crippen molar-refractivity contribution in [2.24, 2.45) is 0 Å². The van der Waals surface area contributed by atoms with Crippen LogP contribution in [-0.4, -0.2) is 0 Å². The number of hydrogen-bond acceptors (Lipinski definition) is 0. The average molecular weight is 205 g/mol. The lowest BCUT2D eigenvalue weighted by Crippen LogP contribution is -1.97. The second-order valence-electron chi connectivity index (χ2n) is 3.20. The molecule has 0 N–H and O–H groups in total. The highest BCUT2D eigenvalue weighted by atomic mass is 35.5. The third-order valence-corrected chi connectivity index (χ3v) is 2.26. The maximum atomic E-state index is 12.6. The molecule has 0 bridgehead atoms. The van der Waals surface area contributed by atoms with Gasteiger partial charge in [0.15, 0.2) is 0 Å². The van der Waals surface area contributed by atoms with Gasteiger partial charge in [-0.25, -0.2) is 8.78 Å². The van der Waals surface area contributed by atoms with Crippen LogP contribution in [0, 0.1) is 0 Å². The van der Waals surface area contributed by atoms with Gasteiger partial charge in [-0.3, -0.25) is 0 Å². The third-order valence-electron chi connectivity index (χ3n) is 1.93. The lowest BCUT2D eigenvalue weighted by Gasteiger charge is -2.13. The van der Waals surface area contributed by atoms with Gasteiger partial charge < -0.3 is 0 Å². The quantitative estimate of drug-likeness (QED) is 0.670. The lowest BCUT2D eigenvalue weighted by molar-refractivity contribution is 0.150. The maximum absolute atomic E-state index is 12.6. The van der Waals surface area contributed by atoms with Crippen LogP contribution in [0.2, 0.25) is 5.02 Å². The first-order chi connectivity index (χ1) is 6.04. The Morgan fingerprint density at radius 2 is 1.85 bits per heavy atom. The smallest absolute Gasteiger partial charge is 0.205 e. The standard InChI is InChI=1S/C10H11ClF2/c1-6(2)7-4-3-5-8(11)9(7)10(12)13/h3-6,10H,1-2H3. The van der Waals surface area contributed by atoms with E-state index in [1.54, 1.807) is 12.1 Å². The normalized spacial score (nSPS) is 11.3. The summed E-state index contributed by atoms with van der Waals surface area (Å²) >= 11 is 5.69. The Balaban J connectivity index is 3.26. The van der Waals surface area contributed by atoms with Crippen LogP contribution in [0.25, 0.3) is 0 Å². The van der Waals surface area contributed by atoms with Gasteiger partial charge in [-0.2, -0.15) is 0 Å². The van der Waals surface area contributed by atoms with Crippen molar-refractivity contribution in [1.82, 2.24) is 0 Å². The Morgan fingerprint density at radius 1 is 1.23 bits per heavy atom. The predicted molar refractivity (Wildman–Crippen MR) is 50.5 cm³/mol. The molecule has 0 aromatic heterocycles. The third kappa shape index (κ3) is 2.19. The second-order valence-corrected chi connectivity index (χ2v) is 3.61. The summed E-state index contributed by atoms with van der Waals surface area (Å²) in [7, 11) is 0. The van der Waals surface area contributed by atoms with Crippen LogP contribution in [-0.2, 0) is 0 Å². The van der Waals surface area contributed by atoms with Gasteiger partial charge in [0.1, 0.15) is 0 Å². The van der Waals surface area contributed by atoms with E-state index in [-0.39, 0.29) is 16.5 Å². The van der Waals surface area contributed by atoms with Crippen LogP contribution in [0.3, 0.4) is 0 Å². The zero-order chi connectivity index (χ0) is 10.0. The molecule has 0 nitrogen and oxygen atoms in total.